The lowest BCUT2D eigenvalue weighted by atomic mass is 10.1. The lowest BCUT2D eigenvalue weighted by molar-refractivity contribution is 0.130. The lowest BCUT2D eigenvalue weighted by Crippen LogP contribution is -2.25. The molecule has 2 aromatic heterocycles. The molecule has 0 fully saturated rings. The summed E-state index contributed by atoms with van der Waals surface area (Å²) in [6, 6.07) is 20.3. The maximum absolute atomic E-state index is 13.4. The van der Waals surface area contributed by atoms with Gasteiger partial charge in [-0.15, -0.1) is 0 Å². The van der Waals surface area contributed by atoms with Crippen LogP contribution < -0.4 is 10.9 Å². The van der Waals surface area contributed by atoms with Gasteiger partial charge in [0, 0.05) is 18.3 Å². The first-order chi connectivity index (χ1) is 15.0. The average Bonchev–Trinajstić information content (AvgIpc) is 2.74. The van der Waals surface area contributed by atoms with Gasteiger partial charge in [0.15, 0.2) is 5.65 Å². The molecule has 1 amide bonds. The zero-order valence-corrected chi connectivity index (χ0v) is 17.3. The Bertz CT molecular complexity index is 1280. The third-order valence-corrected chi connectivity index (χ3v) is 4.59. The monoisotopic (exact) mass is 414 g/mol. The second-order valence-corrected chi connectivity index (χ2v) is 7.34. The summed E-state index contributed by atoms with van der Waals surface area (Å²) in [7, 11) is 0. The molecule has 0 saturated carbocycles. The molecule has 0 unspecified atom stereocenters. The predicted molar refractivity (Wildman–Crippen MR) is 120 cm³/mol. The first kappa shape index (κ1) is 20.3. The highest BCUT2D eigenvalue weighted by molar-refractivity contribution is 5.85. The van der Waals surface area contributed by atoms with Crippen molar-refractivity contribution in [2.75, 3.05) is 5.32 Å². The normalized spacial score (nSPS) is 10.9. The first-order valence-corrected chi connectivity index (χ1v) is 10.00. The van der Waals surface area contributed by atoms with Crippen LogP contribution in [0, 0.1) is 0 Å². The van der Waals surface area contributed by atoms with Crippen LogP contribution in [0.25, 0.3) is 16.9 Å². The van der Waals surface area contributed by atoms with Gasteiger partial charge in [-0.05, 0) is 49.7 Å². The number of nitrogens with zero attached hydrogens (tertiary/aromatic N) is 3. The van der Waals surface area contributed by atoms with Crippen molar-refractivity contribution in [3.05, 3.63) is 94.5 Å². The molecule has 0 saturated heterocycles. The Balaban J connectivity index is 1.80. The summed E-state index contributed by atoms with van der Waals surface area (Å²) in [4.78, 5) is 34.4. The van der Waals surface area contributed by atoms with E-state index in [-0.39, 0.29) is 11.7 Å². The topological polar surface area (TPSA) is 86.1 Å². The van der Waals surface area contributed by atoms with Crippen LogP contribution in [0.2, 0.25) is 0 Å². The summed E-state index contributed by atoms with van der Waals surface area (Å²) >= 11 is 0. The smallest absolute Gasteiger partial charge is 0.411 e. The van der Waals surface area contributed by atoms with Crippen LogP contribution in [0.4, 0.5) is 10.5 Å². The lowest BCUT2D eigenvalue weighted by Gasteiger charge is -2.14. The van der Waals surface area contributed by atoms with Gasteiger partial charge in [-0.3, -0.25) is 14.7 Å². The summed E-state index contributed by atoms with van der Waals surface area (Å²) in [5, 5.41) is 2.69. The van der Waals surface area contributed by atoms with E-state index in [1.165, 1.54) is 4.57 Å². The van der Waals surface area contributed by atoms with Crippen molar-refractivity contribution in [1.82, 2.24) is 14.5 Å². The molecule has 0 aliphatic carbocycles. The number of hydrogen-bond acceptors (Lipinski definition) is 5. The molecule has 0 radical (unpaired) electrons. The third-order valence-electron chi connectivity index (χ3n) is 4.59. The minimum atomic E-state index is -0.554. The SMILES string of the molecule is CC(C)OC(=O)Nc1cccc(-n2c(=O)c(Cc3ccccc3)nc3cccnc32)c1. The Morgan fingerprint density at radius 1 is 1.06 bits per heavy atom. The van der Waals surface area contributed by atoms with Gasteiger partial charge in [0.25, 0.3) is 5.56 Å². The number of fused-ring (bicyclic) bond motifs is 1. The molecule has 4 rings (SSSR count). The molecule has 2 heterocycles. The molecule has 31 heavy (non-hydrogen) atoms. The predicted octanol–water partition coefficient (Wildman–Crippen LogP) is 4.33. The average molecular weight is 414 g/mol. The Hall–Kier alpha value is -4.00. The molecule has 2 aromatic carbocycles. The number of carbonyl (C=O) groups excluding carboxylic acids is 1. The Morgan fingerprint density at radius 2 is 1.87 bits per heavy atom. The summed E-state index contributed by atoms with van der Waals surface area (Å²) in [5.74, 6) is 0. The van der Waals surface area contributed by atoms with Crippen molar-refractivity contribution < 1.29 is 9.53 Å². The van der Waals surface area contributed by atoms with Crippen LogP contribution in [0.1, 0.15) is 25.1 Å². The van der Waals surface area contributed by atoms with E-state index in [9.17, 15) is 9.59 Å². The van der Waals surface area contributed by atoms with Crippen LogP contribution in [0.15, 0.2) is 77.7 Å². The van der Waals surface area contributed by atoms with E-state index < -0.39 is 6.09 Å². The van der Waals surface area contributed by atoms with E-state index in [4.69, 9.17) is 4.74 Å². The van der Waals surface area contributed by atoms with Gasteiger partial charge in [-0.1, -0.05) is 36.4 Å². The highest BCUT2D eigenvalue weighted by Crippen LogP contribution is 2.18. The molecule has 1 N–H and O–H groups in total. The van der Waals surface area contributed by atoms with Crippen molar-refractivity contribution >= 4 is 22.9 Å². The summed E-state index contributed by atoms with van der Waals surface area (Å²) in [6.07, 6.45) is 1.24. The van der Waals surface area contributed by atoms with Crippen molar-refractivity contribution in [2.45, 2.75) is 26.4 Å². The second-order valence-electron chi connectivity index (χ2n) is 7.34. The number of hydrogen-bond donors (Lipinski definition) is 1. The fourth-order valence-electron chi connectivity index (χ4n) is 3.29. The molecule has 7 nitrogen and oxygen atoms in total. The molecule has 0 atom stereocenters. The number of pyridine rings is 1. The van der Waals surface area contributed by atoms with Gasteiger partial charge in [0.1, 0.15) is 11.2 Å². The van der Waals surface area contributed by atoms with E-state index >= 15 is 0 Å². The van der Waals surface area contributed by atoms with Crippen LogP contribution in [0.3, 0.4) is 0 Å². The van der Waals surface area contributed by atoms with Crippen molar-refractivity contribution in [3.8, 4) is 5.69 Å². The Kier molecular flexibility index (Phi) is 5.75. The third kappa shape index (κ3) is 4.61. The summed E-state index contributed by atoms with van der Waals surface area (Å²) in [5.41, 5.74) is 3.32. The van der Waals surface area contributed by atoms with Crippen LogP contribution in [-0.2, 0) is 11.2 Å². The van der Waals surface area contributed by atoms with E-state index in [0.29, 0.717) is 34.7 Å². The Labute approximate surface area is 179 Å². The number of anilines is 1. The summed E-state index contributed by atoms with van der Waals surface area (Å²) < 4.78 is 6.67. The zero-order chi connectivity index (χ0) is 21.8. The van der Waals surface area contributed by atoms with Crippen LogP contribution in [-0.4, -0.2) is 26.7 Å². The number of aromatic nitrogens is 3. The van der Waals surface area contributed by atoms with E-state index in [2.05, 4.69) is 15.3 Å². The van der Waals surface area contributed by atoms with Gasteiger partial charge in [0.05, 0.1) is 11.8 Å². The zero-order valence-electron chi connectivity index (χ0n) is 17.3. The maximum Gasteiger partial charge on any atom is 0.411 e. The minimum Gasteiger partial charge on any atom is -0.447 e. The van der Waals surface area contributed by atoms with Gasteiger partial charge < -0.3 is 4.74 Å². The fraction of sp³-hybridized carbons (Fsp3) is 0.167. The second kappa shape index (κ2) is 8.79. The molecule has 4 aromatic rings. The number of carbonyl (C=O) groups is 1. The van der Waals surface area contributed by atoms with Gasteiger partial charge >= 0.3 is 6.09 Å². The number of benzene rings is 2. The molecular formula is C24H22N4O3. The van der Waals surface area contributed by atoms with Gasteiger partial charge in [-0.25, -0.2) is 14.8 Å². The van der Waals surface area contributed by atoms with Gasteiger partial charge in [-0.2, -0.15) is 0 Å². The number of amides is 1. The van der Waals surface area contributed by atoms with E-state index in [1.807, 2.05) is 36.4 Å². The highest BCUT2D eigenvalue weighted by atomic mass is 16.6. The van der Waals surface area contributed by atoms with E-state index in [0.717, 1.165) is 5.56 Å². The molecule has 156 valence electrons. The fourth-order valence-corrected chi connectivity index (χ4v) is 3.29. The molecule has 0 aliphatic heterocycles. The van der Waals surface area contributed by atoms with Crippen LogP contribution in [0.5, 0.6) is 0 Å². The molecular weight excluding hydrogens is 392 g/mol. The van der Waals surface area contributed by atoms with Crippen molar-refractivity contribution in [2.24, 2.45) is 0 Å². The number of nitrogens with one attached hydrogen (secondary N) is 1. The minimum absolute atomic E-state index is 0.236. The first-order valence-electron chi connectivity index (χ1n) is 10.00. The molecule has 7 heteroatoms. The van der Waals surface area contributed by atoms with Crippen molar-refractivity contribution in [3.63, 3.8) is 0 Å². The van der Waals surface area contributed by atoms with E-state index in [1.54, 1.807) is 50.4 Å². The highest BCUT2D eigenvalue weighted by Gasteiger charge is 2.15. The van der Waals surface area contributed by atoms with Crippen LogP contribution >= 0.6 is 0 Å². The quantitative estimate of drug-likeness (QED) is 0.525. The maximum atomic E-state index is 13.4. The Morgan fingerprint density at radius 3 is 2.65 bits per heavy atom. The molecule has 0 bridgehead atoms. The number of ether oxygens (including phenoxy) is 1. The molecule has 0 spiro atoms. The summed E-state index contributed by atoms with van der Waals surface area (Å²) in [6.45, 7) is 3.55. The van der Waals surface area contributed by atoms with Gasteiger partial charge in [0.2, 0.25) is 0 Å². The molecule has 0 aliphatic rings. The standard InChI is InChI=1S/C24H22N4O3/c1-16(2)31-24(30)26-18-10-6-11-19(15-18)28-22-20(12-7-13-25-22)27-21(23(28)29)14-17-8-4-3-5-9-17/h3-13,15-16H,14H2,1-2H3,(H,26,30). The number of rotatable bonds is 5. The van der Waals surface area contributed by atoms with Crippen molar-refractivity contribution in [1.29, 1.82) is 0 Å². The largest absolute Gasteiger partial charge is 0.447 e.